The van der Waals surface area contributed by atoms with Gasteiger partial charge in [0.15, 0.2) is 0 Å². The maximum Gasteiger partial charge on any atom is 0.433 e. The maximum absolute atomic E-state index is 12.4. The first-order valence-corrected chi connectivity index (χ1v) is 5.26. The number of hydrogen-bond acceptors (Lipinski definition) is 3. The SMILES string of the molecule is CC(C)[C@@H](CO)Nc1cccc(C(F)(F)F)n1. The van der Waals surface area contributed by atoms with E-state index in [-0.39, 0.29) is 24.4 Å². The largest absolute Gasteiger partial charge is 0.433 e. The molecule has 0 saturated carbocycles. The molecule has 0 unspecified atom stereocenters. The summed E-state index contributed by atoms with van der Waals surface area (Å²) in [6, 6.07) is 3.33. The van der Waals surface area contributed by atoms with Crippen LogP contribution < -0.4 is 5.32 Å². The molecule has 17 heavy (non-hydrogen) atoms. The summed E-state index contributed by atoms with van der Waals surface area (Å²) in [6.45, 7) is 3.57. The van der Waals surface area contributed by atoms with Crippen LogP contribution in [0.15, 0.2) is 18.2 Å². The molecule has 0 amide bonds. The highest BCUT2D eigenvalue weighted by Crippen LogP contribution is 2.28. The predicted molar refractivity (Wildman–Crippen MR) is 58.6 cm³/mol. The molecule has 0 fully saturated rings. The molecule has 1 aromatic rings. The Bertz CT molecular complexity index is 366. The molecule has 1 rings (SSSR count). The van der Waals surface area contributed by atoms with Gasteiger partial charge in [0, 0.05) is 0 Å². The van der Waals surface area contributed by atoms with Gasteiger partial charge in [-0.3, -0.25) is 0 Å². The lowest BCUT2D eigenvalue weighted by atomic mass is 10.1. The molecule has 0 aliphatic heterocycles. The van der Waals surface area contributed by atoms with Gasteiger partial charge >= 0.3 is 6.18 Å². The highest BCUT2D eigenvalue weighted by molar-refractivity contribution is 5.37. The Morgan fingerprint density at radius 3 is 2.47 bits per heavy atom. The van der Waals surface area contributed by atoms with Gasteiger partial charge in [0.2, 0.25) is 0 Å². The van der Waals surface area contributed by atoms with E-state index in [0.29, 0.717) is 0 Å². The average molecular weight is 248 g/mol. The number of hydrogen-bond donors (Lipinski definition) is 2. The molecule has 6 heteroatoms. The van der Waals surface area contributed by atoms with Crippen molar-refractivity contribution in [2.75, 3.05) is 11.9 Å². The third-order valence-corrected chi connectivity index (χ3v) is 2.37. The van der Waals surface area contributed by atoms with Gasteiger partial charge in [-0.15, -0.1) is 0 Å². The Labute approximate surface area is 97.7 Å². The maximum atomic E-state index is 12.4. The molecule has 0 aromatic carbocycles. The van der Waals surface area contributed by atoms with Crippen molar-refractivity contribution in [3.63, 3.8) is 0 Å². The molecule has 0 bridgehead atoms. The zero-order valence-corrected chi connectivity index (χ0v) is 9.62. The van der Waals surface area contributed by atoms with Gasteiger partial charge in [-0.1, -0.05) is 19.9 Å². The molecule has 0 saturated heterocycles. The molecule has 96 valence electrons. The summed E-state index contributed by atoms with van der Waals surface area (Å²) in [5.74, 6) is 0.212. The minimum Gasteiger partial charge on any atom is -0.394 e. The van der Waals surface area contributed by atoms with Crippen molar-refractivity contribution in [3.8, 4) is 0 Å². The Balaban J connectivity index is 2.85. The van der Waals surface area contributed by atoms with Gasteiger partial charge < -0.3 is 10.4 Å². The summed E-state index contributed by atoms with van der Waals surface area (Å²) in [7, 11) is 0. The lowest BCUT2D eigenvalue weighted by molar-refractivity contribution is -0.141. The molecular formula is C11H15F3N2O. The van der Waals surface area contributed by atoms with Crippen LogP contribution >= 0.6 is 0 Å². The lowest BCUT2D eigenvalue weighted by Crippen LogP contribution is -2.30. The second kappa shape index (κ2) is 5.35. The first-order chi connectivity index (χ1) is 7.84. The third kappa shape index (κ3) is 3.89. The van der Waals surface area contributed by atoms with Crippen LogP contribution in [0.1, 0.15) is 19.5 Å². The fourth-order valence-corrected chi connectivity index (χ4v) is 1.29. The van der Waals surface area contributed by atoms with Crippen LogP contribution in [0.3, 0.4) is 0 Å². The number of aliphatic hydroxyl groups excluding tert-OH is 1. The summed E-state index contributed by atoms with van der Waals surface area (Å²) in [6.07, 6.45) is -4.45. The van der Waals surface area contributed by atoms with E-state index in [4.69, 9.17) is 5.11 Å². The average Bonchev–Trinajstić information content (AvgIpc) is 2.24. The Morgan fingerprint density at radius 2 is 2.00 bits per heavy atom. The van der Waals surface area contributed by atoms with Crippen LogP contribution in [0.4, 0.5) is 19.0 Å². The number of nitrogens with zero attached hydrogens (tertiary/aromatic N) is 1. The van der Waals surface area contributed by atoms with Crippen LogP contribution in [-0.2, 0) is 6.18 Å². The number of nitrogens with one attached hydrogen (secondary N) is 1. The highest BCUT2D eigenvalue weighted by atomic mass is 19.4. The first-order valence-electron chi connectivity index (χ1n) is 5.26. The van der Waals surface area contributed by atoms with Crippen molar-refractivity contribution >= 4 is 5.82 Å². The molecule has 1 heterocycles. The minimum atomic E-state index is -4.45. The summed E-state index contributed by atoms with van der Waals surface area (Å²) in [5.41, 5.74) is -0.942. The number of aliphatic hydroxyl groups is 1. The number of rotatable bonds is 4. The first kappa shape index (κ1) is 13.8. The van der Waals surface area contributed by atoms with E-state index < -0.39 is 11.9 Å². The van der Waals surface area contributed by atoms with Gasteiger partial charge in [-0.05, 0) is 18.1 Å². The standard InChI is InChI=1S/C11H15F3N2O/c1-7(2)8(6-17)15-10-5-3-4-9(16-10)11(12,13)14/h3-5,7-8,17H,6H2,1-2H3,(H,15,16)/t8-/m1/s1. The van der Waals surface area contributed by atoms with Gasteiger partial charge in [0.25, 0.3) is 0 Å². The fraction of sp³-hybridized carbons (Fsp3) is 0.545. The molecule has 1 aromatic heterocycles. The zero-order valence-electron chi connectivity index (χ0n) is 9.62. The van der Waals surface area contributed by atoms with Gasteiger partial charge in [-0.2, -0.15) is 13.2 Å². The van der Waals surface area contributed by atoms with Gasteiger partial charge in [0.05, 0.1) is 12.6 Å². The quantitative estimate of drug-likeness (QED) is 0.860. The summed E-state index contributed by atoms with van der Waals surface area (Å²) in [4.78, 5) is 3.47. The van der Waals surface area contributed by atoms with Gasteiger partial charge in [-0.25, -0.2) is 4.98 Å². The summed E-state index contributed by atoms with van der Waals surface area (Å²) in [5, 5.41) is 11.9. The molecular weight excluding hydrogens is 233 g/mol. The Kier molecular flexibility index (Phi) is 4.34. The fourth-order valence-electron chi connectivity index (χ4n) is 1.29. The summed E-state index contributed by atoms with van der Waals surface area (Å²) < 4.78 is 37.2. The topological polar surface area (TPSA) is 45.1 Å². The van der Waals surface area contributed by atoms with Crippen LogP contribution in [0.5, 0.6) is 0 Å². The number of pyridine rings is 1. The number of aromatic nitrogens is 1. The van der Waals surface area contributed by atoms with Crippen LogP contribution in [0, 0.1) is 5.92 Å². The molecule has 0 radical (unpaired) electrons. The molecule has 0 aliphatic rings. The summed E-state index contributed by atoms with van der Waals surface area (Å²) >= 11 is 0. The second-order valence-corrected chi connectivity index (χ2v) is 4.08. The monoisotopic (exact) mass is 248 g/mol. The molecule has 0 spiro atoms. The van der Waals surface area contributed by atoms with Gasteiger partial charge in [0.1, 0.15) is 11.5 Å². The molecule has 0 aliphatic carbocycles. The Morgan fingerprint density at radius 1 is 1.35 bits per heavy atom. The third-order valence-electron chi connectivity index (χ3n) is 2.37. The molecule has 2 N–H and O–H groups in total. The van der Waals surface area contributed by atoms with E-state index in [1.807, 2.05) is 13.8 Å². The molecule has 3 nitrogen and oxygen atoms in total. The van der Waals surface area contributed by atoms with E-state index in [1.165, 1.54) is 12.1 Å². The van der Waals surface area contributed by atoms with Crippen molar-refractivity contribution in [2.45, 2.75) is 26.1 Å². The number of halogens is 3. The van der Waals surface area contributed by atoms with Crippen LogP contribution in [-0.4, -0.2) is 22.7 Å². The smallest absolute Gasteiger partial charge is 0.394 e. The predicted octanol–water partition coefficient (Wildman–Crippen LogP) is 2.53. The van der Waals surface area contributed by atoms with E-state index >= 15 is 0 Å². The highest BCUT2D eigenvalue weighted by Gasteiger charge is 2.32. The van der Waals surface area contributed by atoms with E-state index in [0.717, 1.165) is 6.07 Å². The van der Waals surface area contributed by atoms with Crippen LogP contribution in [0.2, 0.25) is 0 Å². The Hall–Kier alpha value is -1.30. The molecule has 1 atom stereocenters. The van der Waals surface area contributed by atoms with E-state index in [9.17, 15) is 13.2 Å². The van der Waals surface area contributed by atoms with Crippen molar-refractivity contribution in [2.24, 2.45) is 5.92 Å². The number of anilines is 1. The number of alkyl halides is 3. The normalized spacial score (nSPS) is 13.8. The van der Waals surface area contributed by atoms with Crippen molar-refractivity contribution in [1.29, 1.82) is 0 Å². The van der Waals surface area contributed by atoms with E-state index in [1.54, 1.807) is 0 Å². The van der Waals surface area contributed by atoms with Crippen LogP contribution in [0.25, 0.3) is 0 Å². The van der Waals surface area contributed by atoms with E-state index in [2.05, 4.69) is 10.3 Å². The van der Waals surface area contributed by atoms with Crippen molar-refractivity contribution in [1.82, 2.24) is 4.98 Å². The van der Waals surface area contributed by atoms with Crippen molar-refractivity contribution < 1.29 is 18.3 Å². The minimum absolute atomic E-state index is 0.0938. The second-order valence-electron chi connectivity index (χ2n) is 4.08. The lowest BCUT2D eigenvalue weighted by Gasteiger charge is -2.20. The zero-order chi connectivity index (χ0) is 13.1. The van der Waals surface area contributed by atoms with Crippen molar-refractivity contribution in [3.05, 3.63) is 23.9 Å².